The van der Waals surface area contributed by atoms with E-state index in [-0.39, 0.29) is 5.91 Å². The minimum absolute atomic E-state index is 0.0705. The van der Waals surface area contributed by atoms with E-state index in [0.29, 0.717) is 17.4 Å². The van der Waals surface area contributed by atoms with Crippen LogP contribution in [0.5, 0.6) is 5.75 Å². The summed E-state index contributed by atoms with van der Waals surface area (Å²) in [4.78, 5) is 15.5. The quantitative estimate of drug-likeness (QED) is 0.776. The summed E-state index contributed by atoms with van der Waals surface area (Å²) in [5, 5.41) is 2.89. The molecule has 1 aromatic rings. The number of ether oxygens (including phenoxy) is 1. The number of hydrogen-bond acceptors (Lipinski definition) is 3. The van der Waals surface area contributed by atoms with Gasteiger partial charge in [-0.2, -0.15) is 0 Å². The lowest BCUT2D eigenvalue weighted by molar-refractivity contribution is 0.0950. The van der Waals surface area contributed by atoms with Crippen LogP contribution in [-0.4, -0.2) is 24.0 Å². The van der Waals surface area contributed by atoms with Gasteiger partial charge in [0, 0.05) is 12.2 Å². The van der Waals surface area contributed by atoms with Crippen LogP contribution >= 0.6 is 0 Å². The summed E-state index contributed by atoms with van der Waals surface area (Å²) in [7, 11) is 1.56. The molecule has 1 N–H and O–H groups in total. The molecule has 4 heteroatoms. The summed E-state index contributed by atoms with van der Waals surface area (Å²) in [6.07, 6.45) is 5.29. The second-order valence-electron chi connectivity index (χ2n) is 3.36. The number of methoxy groups -OCH3 is 1. The topological polar surface area (TPSA) is 51.2 Å². The van der Waals surface area contributed by atoms with Gasteiger partial charge in [-0.15, -0.1) is 0 Å². The fourth-order valence-corrected chi connectivity index (χ4v) is 1.15. The van der Waals surface area contributed by atoms with Gasteiger partial charge in [0.2, 0.25) is 0 Å². The molecule has 0 radical (unpaired) electrons. The van der Waals surface area contributed by atoms with Crippen LogP contribution in [0.3, 0.4) is 0 Å². The van der Waals surface area contributed by atoms with Crippen LogP contribution in [0.2, 0.25) is 0 Å². The monoisotopic (exact) mass is 192 g/mol. The Morgan fingerprint density at radius 2 is 2.36 bits per heavy atom. The molecule has 1 aliphatic carbocycles. The van der Waals surface area contributed by atoms with Crippen molar-refractivity contribution in [3.63, 3.8) is 0 Å². The maximum atomic E-state index is 11.6. The zero-order valence-corrected chi connectivity index (χ0v) is 7.99. The van der Waals surface area contributed by atoms with E-state index >= 15 is 0 Å². The van der Waals surface area contributed by atoms with Gasteiger partial charge in [-0.05, 0) is 18.9 Å². The number of nitrogens with one attached hydrogen (secondary N) is 1. The van der Waals surface area contributed by atoms with Crippen LogP contribution in [0.25, 0.3) is 0 Å². The van der Waals surface area contributed by atoms with Crippen molar-refractivity contribution in [1.29, 1.82) is 0 Å². The van der Waals surface area contributed by atoms with Crippen LogP contribution in [-0.2, 0) is 0 Å². The molecule has 0 saturated heterocycles. The Bertz CT molecular complexity index is 348. The summed E-state index contributed by atoms with van der Waals surface area (Å²) in [5.74, 6) is 0.535. The van der Waals surface area contributed by atoms with Crippen LogP contribution < -0.4 is 10.1 Å². The van der Waals surface area contributed by atoms with E-state index in [1.165, 1.54) is 0 Å². The van der Waals surface area contributed by atoms with Crippen LogP contribution in [0.15, 0.2) is 18.5 Å². The Balaban J connectivity index is 2.09. The average molecular weight is 192 g/mol. The number of pyridine rings is 1. The maximum absolute atomic E-state index is 11.6. The molecule has 0 unspecified atom stereocenters. The highest BCUT2D eigenvalue weighted by molar-refractivity contribution is 5.94. The van der Waals surface area contributed by atoms with Crippen LogP contribution in [0, 0.1) is 0 Å². The van der Waals surface area contributed by atoms with Crippen LogP contribution in [0.1, 0.15) is 23.2 Å². The molecule has 0 spiro atoms. The zero-order chi connectivity index (χ0) is 9.97. The van der Waals surface area contributed by atoms with Crippen molar-refractivity contribution >= 4 is 5.91 Å². The molecular formula is C10H12N2O2. The molecule has 1 saturated carbocycles. The third-order valence-electron chi connectivity index (χ3n) is 2.12. The highest BCUT2D eigenvalue weighted by Crippen LogP contribution is 2.19. The smallest absolute Gasteiger partial charge is 0.253 e. The van der Waals surface area contributed by atoms with Crippen molar-refractivity contribution in [1.82, 2.24) is 10.3 Å². The predicted octanol–water partition coefficient (Wildman–Crippen LogP) is 0.982. The summed E-state index contributed by atoms with van der Waals surface area (Å²) in [6, 6.07) is 2.05. The minimum Gasteiger partial charge on any atom is -0.495 e. The third-order valence-corrected chi connectivity index (χ3v) is 2.12. The van der Waals surface area contributed by atoms with Gasteiger partial charge in [0.15, 0.2) is 0 Å². The molecule has 4 nitrogen and oxygen atoms in total. The Hall–Kier alpha value is -1.58. The SMILES string of the molecule is COc1cncc(C(=O)NC2CC2)c1. The number of rotatable bonds is 3. The fourth-order valence-electron chi connectivity index (χ4n) is 1.15. The molecule has 1 aromatic heterocycles. The molecule has 1 aliphatic rings. The summed E-state index contributed by atoms with van der Waals surface area (Å²) >= 11 is 0. The van der Waals surface area contributed by atoms with E-state index in [2.05, 4.69) is 10.3 Å². The first kappa shape index (κ1) is 8.99. The first-order chi connectivity index (χ1) is 6.79. The lowest BCUT2D eigenvalue weighted by Gasteiger charge is -2.04. The molecule has 0 bridgehead atoms. The summed E-state index contributed by atoms with van der Waals surface area (Å²) in [6.45, 7) is 0. The molecular weight excluding hydrogens is 180 g/mol. The van der Waals surface area contributed by atoms with Crippen molar-refractivity contribution in [2.45, 2.75) is 18.9 Å². The number of hydrogen-bond donors (Lipinski definition) is 1. The van der Waals surface area contributed by atoms with Gasteiger partial charge in [0.1, 0.15) is 5.75 Å². The first-order valence-electron chi connectivity index (χ1n) is 4.59. The van der Waals surface area contributed by atoms with Gasteiger partial charge in [-0.1, -0.05) is 0 Å². The van der Waals surface area contributed by atoms with Gasteiger partial charge in [0.25, 0.3) is 5.91 Å². The Labute approximate surface area is 82.3 Å². The second-order valence-corrected chi connectivity index (χ2v) is 3.36. The van der Waals surface area contributed by atoms with Crippen molar-refractivity contribution in [3.8, 4) is 5.75 Å². The Morgan fingerprint density at radius 3 is 3.00 bits per heavy atom. The minimum atomic E-state index is -0.0705. The highest BCUT2D eigenvalue weighted by atomic mass is 16.5. The van der Waals surface area contributed by atoms with Gasteiger partial charge in [0.05, 0.1) is 18.9 Å². The molecule has 1 heterocycles. The third kappa shape index (κ3) is 2.02. The lowest BCUT2D eigenvalue weighted by atomic mass is 10.2. The number of carbonyl (C=O) groups excluding carboxylic acids is 1. The Kier molecular flexibility index (Phi) is 2.35. The average Bonchev–Trinajstić information content (AvgIpc) is 3.02. The van der Waals surface area contributed by atoms with Crippen molar-refractivity contribution < 1.29 is 9.53 Å². The number of nitrogens with zero attached hydrogens (tertiary/aromatic N) is 1. The molecule has 0 aliphatic heterocycles. The Morgan fingerprint density at radius 1 is 1.57 bits per heavy atom. The van der Waals surface area contributed by atoms with Gasteiger partial charge in [-0.25, -0.2) is 0 Å². The van der Waals surface area contributed by atoms with Crippen molar-refractivity contribution in [2.75, 3.05) is 7.11 Å². The lowest BCUT2D eigenvalue weighted by Crippen LogP contribution is -2.25. The number of carbonyl (C=O) groups is 1. The van der Waals surface area contributed by atoms with Crippen molar-refractivity contribution in [2.24, 2.45) is 0 Å². The predicted molar refractivity (Wildman–Crippen MR) is 51.3 cm³/mol. The zero-order valence-electron chi connectivity index (χ0n) is 7.99. The van der Waals surface area contributed by atoms with E-state index in [1.54, 1.807) is 25.6 Å². The number of amides is 1. The fraction of sp³-hybridized carbons (Fsp3) is 0.400. The largest absolute Gasteiger partial charge is 0.495 e. The molecule has 0 atom stereocenters. The summed E-state index contributed by atoms with van der Waals surface area (Å²) in [5.41, 5.74) is 0.552. The molecule has 1 fully saturated rings. The maximum Gasteiger partial charge on any atom is 0.253 e. The van der Waals surface area contributed by atoms with E-state index in [9.17, 15) is 4.79 Å². The van der Waals surface area contributed by atoms with E-state index in [1.807, 2.05) is 0 Å². The molecule has 2 rings (SSSR count). The highest BCUT2D eigenvalue weighted by Gasteiger charge is 2.23. The van der Waals surface area contributed by atoms with E-state index in [0.717, 1.165) is 12.8 Å². The molecule has 1 amide bonds. The van der Waals surface area contributed by atoms with Crippen LogP contribution in [0.4, 0.5) is 0 Å². The van der Waals surface area contributed by atoms with E-state index in [4.69, 9.17) is 4.74 Å². The van der Waals surface area contributed by atoms with Gasteiger partial charge < -0.3 is 10.1 Å². The summed E-state index contributed by atoms with van der Waals surface area (Å²) < 4.78 is 4.98. The molecule has 0 aromatic carbocycles. The second kappa shape index (κ2) is 3.65. The standard InChI is InChI=1S/C10H12N2O2/c1-14-9-4-7(5-11-6-9)10(13)12-8-2-3-8/h4-6,8H,2-3H2,1H3,(H,12,13). The normalized spacial score (nSPS) is 14.9. The van der Waals surface area contributed by atoms with Gasteiger partial charge in [-0.3, -0.25) is 9.78 Å². The number of aromatic nitrogens is 1. The first-order valence-corrected chi connectivity index (χ1v) is 4.59. The molecule has 14 heavy (non-hydrogen) atoms. The van der Waals surface area contributed by atoms with E-state index < -0.39 is 0 Å². The molecule has 74 valence electrons. The van der Waals surface area contributed by atoms with Crippen molar-refractivity contribution in [3.05, 3.63) is 24.0 Å². The van der Waals surface area contributed by atoms with Gasteiger partial charge >= 0.3 is 0 Å².